The molecule has 2 aliphatic heterocycles. The first-order valence-corrected chi connectivity index (χ1v) is 12.5. The van der Waals surface area contributed by atoms with Crippen molar-refractivity contribution in [3.05, 3.63) is 77.9 Å². The highest BCUT2D eigenvalue weighted by atomic mass is 79.9. The van der Waals surface area contributed by atoms with E-state index in [1.54, 1.807) is 30.3 Å². The number of sulfonamides is 1. The summed E-state index contributed by atoms with van der Waals surface area (Å²) in [7, 11) is -2.47. The largest absolute Gasteiger partial charge is 0.495 e. The third-order valence-electron chi connectivity index (χ3n) is 6.12. The summed E-state index contributed by atoms with van der Waals surface area (Å²) >= 11 is 0. The van der Waals surface area contributed by atoms with Gasteiger partial charge in [-0.15, -0.1) is 17.0 Å². The molecule has 184 valence electrons. The van der Waals surface area contributed by atoms with Crippen LogP contribution in [0.3, 0.4) is 0 Å². The molecule has 0 aliphatic carbocycles. The zero-order chi connectivity index (χ0) is 23.7. The van der Waals surface area contributed by atoms with Gasteiger partial charge in [0.2, 0.25) is 0 Å². The van der Waals surface area contributed by atoms with Gasteiger partial charge in [0.25, 0.3) is 10.0 Å². The number of rotatable bonds is 6. The Kier molecular flexibility index (Phi) is 7.34. The second-order valence-electron chi connectivity index (χ2n) is 8.15. The fourth-order valence-corrected chi connectivity index (χ4v) is 5.70. The van der Waals surface area contributed by atoms with Gasteiger partial charge in [-0.25, -0.2) is 8.42 Å². The van der Waals surface area contributed by atoms with Crippen LogP contribution in [-0.4, -0.2) is 47.7 Å². The number of hydrogen-bond acceptors (Lipinski definition) is 6. The summed E-state index contributed by atoms with van der Waals surface area (Å²) in [6, 6.07) is 20.0. The minimum atomic E-state index is -3.97. The third kappa shape index (κ3) is 4.86. The van der Waals surface area contributed by atoms with Crippen LogP contribution in [-0.2, 0) is 21.3 Å². The molecule has 35 heavy (non-hydrogen) atoms. The minimum Gasteiger partial charge on any atom is -0.495 e. The van der Waals surface area contributed by atoms with Gasteiger partial charge in [0.1, 0.15) is 16.5 Å². The maximum atomic E-state index is 13.7. The Bertz CT molecular complexity index is 1340. The van der Waals surface area contributed by atoms with E-state index >= 15 is 0 Å². The highest BCUT2D eigenvalue weighted by Crippen LogP contribution is 2.36. The quantitative estimate of drug-likeness (QED) is 0.469. The van der Waals surface area contributed by atoms with E-state index in [0.717, 1.165) is 11.1 Å². The van der Waals surface area contributed by atoms with Crippen LogP contribution >= 0.6 is 17.0 Å². The van der Waals surface area contributed by atoms with Crippen molar-refractivity contribution in [2.75, 3.05) is 47.9 Å². The lowest BCUT2D eigenvalue weighted by Gasteiger charge is -2.31. The number of ether oxygens (including phenoxy) is 2. The van der Waals surface area contributed by atoms with E-state index in [2.05, 4.69) is 4.72 Å². The Balaban J connectivity index is 0.00000289. The second kappa shape index (κ2) is 10.3. The Hall–Kier alpha value is -3.08. The minimum absolute atomic E-state index is 0. The van der Waals surface area contributed by atoms with Crippen molar-refractivity contribution in [2.24, 2.45) is 0 Å². The van der Waals surface area contributed by atoms with Gasteiger partial charge in [0, 0.05) is 24.3 Å². The number of morpholine rings is 1. The summed E-state index contributed by atoms with van der Waals surface area (Å²) in [5, 5.41) is 8.65. The fraction of sp³-hybridized carbons (Fsp3) is 0.240. The molecule has 5 rings (SSSR count). The number of methoxy groups -OCH3 is 1. The Labute approximate surface area is 215 Å². The van der Waals surface area contributed by atoms with Gasteiger partial charge in [-0.1, -0.05) is 36.4 Å². The van der Waals surface area contributed by atoms with E-state index in [1.807, 2.05) is 46.2 Å². The summed E-state index contributed by atoms with van der Waals surface area (Å²) < 4.78 is 40.9. The summed E-state index contributed by atoms with van der Waals surface area (Å²) in [5.74, 6) is 0.794. The molecule has 0 bridgehead atoms. The molecule has 0 amide bonds. The SMILES string of the molecule is Br.COc1ccccc1NS(=O)(=O)c1cc(N2Cc3ccccc3C2=N)ccc1N1CCOCC1. The molecular weight excluding hydrogens is 532 g/mol. The first-order chi connectivity index (χ1) is 16.5. The number of para-hydroxylation sites is 2. The Morgan fingerprint density at radius 1 is 1.00 bits per heavy atom. The van der Waals surface area contributed by atoms with Crippen molar-refractivity contribution in [1.29, 1.82) is 5.41 Å². The number of halogens is 1. The van der Waals surface area contributed by atoms with E-state index in [9.17, 15) is 8.42 Å². The van der Waals surface area contributed by atoms with Crippen molar-refractivity contribution in [2.45, 2.75) is 11.4 Å². The number of fused-ring (bicyclic) bond motifs is 1. The molecule has 1 fully saturated rings. The molecule has 3 aromatic carbocycles. The number of amidine groups is 1. The van der Waals surface area contributed by atoms with Gasteiger partial charge in [-0.3, -0.25) is 10.1 Å². The van der Waals surface area contributed by atoms with E-state index in [0.29, 0.717) is 61.5 Å². The number of benzene rings is 3. The number of nitrogens with zero attached hydrogens (tertiary/aromatic N) is 2. The molecule has 10 heteroatoms. The smallest absolute Gasteiger partial charge is 0.264 e. The lowest BCUT2D eigenvalue weighted by molar-refractivity contribution is 0.122. The maximum absolute atomic E-state index is 13.7. The van der Waals surface area contributed by atoms with Crippen molar-refractivity contribution in [1.82, 2.24) is 0 Å². The topological polar surface area (TPSA) is 95.0 Å². The lowest BCUT2D eigenvalue weighted by atomic mass is 10.1. The van der Waals surface area contributed by atoms with Crippen molar-refractivity contribution >= 4 is 49.9 Å². The zero-order valence-corrected chi connectivity index (χ0v) is 21.8. The van der Waals surface area contributed by atoms with Crippen LogP contribution in [0.2, 0.25) is 0 Å². The number of nitrogens with one attached hydrogen (secondary N) is 2. The predicted octanol–water partition coefficient (Wildman–Crippen LogP) is 4.26. The van der Waals surface area contributed by atoms with Crippen molar-refractivity contribution in [3.8, 4) is 5.75 Å². The highest BCUT2D eigenvalue weighted by Gasteiger charge is 2.29. The summed E-state index contributed by atoms with van der Waals surface area (Å²) in [4.78, 5) is 4.01. The molecule has 1 saturated heterocycles. The molecule has 2 aliphatic rings. The molecule has 0 aromatic heterocycles. The van der Waals surface area contributed by atoms with E-state index in [4.69, 9.17) is 14.9 Å². The van der Waals surface area contributed by atoms with Crippen LogP contribution in [0.25, 0.3) is 0 Å². The average Bonchev–Trinajstić information content (AvgIpc) is 3.21. The molecule has 0 atom stereocenters. The van der Waals surface area contributed by atoms with Crippen LogP contribution in [0, 0.1) is 5.41 Å². The molecule has 0 unspecified atom stereocenters. The molecular formula is C25H27BrN4O4S. The fourth-order valence-electron chi connectivity index (χ4n) is 4.38. The first-order valence-electron chi connectivity index (χ1n) is 11.0. The third-order valence-corrected chi connectivity index (χ3v) is 7.51. The molecule has 8 nitrogen and oxygen atoms in total. The van der Waals surface area contributed by atoms with Gasteiger partial charge in [0.05, 0.1) is 38.2 Å². The van der Waals surface area contributed by atoms with Crippen LogP contribution in [0.5, 0.6) is 5.75 Å². The normalized spacial score (nSPS) is 15.4. The van der Waals surface area contributed by atoms with Crippen LogP contribution in [0.15, 0.2) is 71.6 Å². The van der Waals surface area contributed by atoms with Gasteiger partial charge >= 0.3 is 0 Å². The number of hydrogen-bond donors (Lipinski definition) is 2. The second-order valence-corrected chi connectivity index (χ2v) is 9.80. The van der Waals surface area contributed by atoms with Crippen molar-refractivity contribution in [3.63, 3.8) is 0 Å². The van der Waals surface area contributed by atoms with Crippen LogP contribution in [0.4, 0.5) is 17.1 Å². The molecule has 0 radical (unpaired) electrons. The Morgan fingerprint density at radius 2 is 1.71 bits per heavy atom. The highest BCUT2D eigenvalue weighted by molar-refractivity contribution is 8.93. The zero-order valence-electron chi connectivity index (χ0n) is 19.2. The standard InChI is InChI=1S/C25H26N4O4S.BrH/c1-32-23-9-5-4-8-21(23)27-34(30,31)24-16-19(10-11-22(24)28-12-14-33-15-13-28)29-17-18-6-2-3-7-20(18)25(29)26;/h2-11,16,26-27H,12-15,17H2,1H3;1H. The van der Waals surface area contributed by atoms with Crippen LogP contribution in [0.1, 0.15) is 11.1 Å². The van der Waals surface area contributed by atoms with Crippen molar-refractivity contribution < 1.29 is 17.9 Å². The van der Waals surface area contributed by atoms with E-state index < -0.39 is 10.0 Å². The summed E-state index contributed by atoms with van der Waals surface area (Å²) in [6.45, 7) is 2.79. The summed E-state index contributed by atoms with van der Waals surface area (Å²) in [6.07, 6.45) is 0. The molecule has 0 spiro atoms. The molecule has 2 N–H and O–H groups in total. The Morgan fingerprint density at radius 3 is 2.46 bits per heavy atom. The number of anilines is 3. The summed E-state index contributed by atoms with van der Waals surface area (Å²) in [5.41, 5.74) is 3.53. The molecule has 2 heterocycles. The van der Waals surface area contributed by atoms with E-state index in [-0.39, 0.29) is 21.9 Å². The van der Waals surface area contributed by atoms with Gasteiger partial charge in [-0.2, -0.15) is 0 Å². The van der Waals surface area contributed by atoms with Crippen LogP contribution < -0.4 is 19.3 Å². The molecule has 3 aromatic rings. The predicted molar refractivity (Wildman–Crippen MR) is 143 cm³/mol. The van der Waals surface area contributed by atoms with Gasteiger partial charge in [-0.05, 0) is 35.9 Å². The maximum Gasteiger partial charge on any atom is 0.264 e. The molecule has 0 saturated carbocycles. The average molecular weight is 559 g/mol. The van der Waals surface area contributed by atoms with Gasteiger partial charge in [0.15, 0.2) is 0 Å². The first kappa shape index (κ1) is 25.0. The van der Waals surface area contributed by atoms with E-state index in [1.165, 1.54) is 7.11 Å². The monoisotopic (exact) mass is 558 g/mol. The van der Waals surface area contributed by atoms with Gasteiger partial charge < -0.3 is 19.3 Å². The lowest BCUT2D eigenvalue weighted by Crippen LogP contribution is -2.37.